The Morgan fingerprint density at radius 2 is 1.64 bits per heavy atom. The first-order chi connectivity index (χ1) is 15.3. The van der Waals surface area contributed by atoms with Crippen LogP contribution in [-0.2, 0) is 26.0 Å². The SMILES string of the molecule is C[C@H](NC(=S)N[C@H](COC(=O)C(C)(C)C)Cc1ccccc1)c1ccc(NS(C)(=O)=O)cc1. The molecule has 180 valence electrons. The Bertz CT molecular complexity index is 1030. The third-order valence-corrected chi connectivity index (χ3v) is 5.59. The molecule has 7 nitrogen and oxygen atoms in total. The van der Waals surface area contributed by atoms with E-state index in [1.54, 1.807) is 12.1 Å². The molecule has 0 saturated heterocycles. The standard InChI is InChI=1S/C24H33N3O4S2/c1-17(19-11-13-20(14-12-19)27-33(5,29)30)25-23(32)26-21(15-18-9-7-6-8-10-18)16-31-22(28)24(2,3)4/h6-14,17,21,27H,15-16H2,1-5H3,(H2,25,26,32)/t17-,21-/m0/s1. The number of rotatable bonds is 9. The number of carbonyl (C=O) groups excluding carboxylic acids is 1. The number of sulfonamides is 1. The summed E-state index contributed by atoms with van der Waals surface area (Å²) in [5.74, 6) is -0.266. The van der Waals surface area contributed by atoms with E-state index in [4.69, 9.17) is 17.0 Å². The van der Waals surface area contributed by atoms with Crippen LogP contribution in [0.25, 0.3) is 0 Å². The fraction of sp³-hybridized carbons (Fsp3) is 0.417. The lowest BCUT2D eigenvalue weighted by molar-refractivity contribution is -0.153. The number of hydrogen-bond donors (Lipinski definition) is 3. The largest absolute Gasteiger partial charge is 0.463 e. The summed E-state index contributed by atoms with van der Waals surface area (Å²) in [4.78, 5) is 12.2. The van der Waals surface area contributed by atoms with Gasteiger partial charge >= 0.3 is 5.97 Å². The van der Waals surface area contributed by atoms with Crippen LogP contribution in [0.5, 0.6) is 0 Å². The van der Waals surface area contributed by atoms with Crippen LogP contribution in [0.15, 0.2) is 54.6 Å². The van der Waals surface area contributed by atoms with E-state index >= 15 is 0 Å². The quantitative estimate of drug-likeness (QED) is 0.363. The van der Waals surface area contributed by atoms with Gasteiger partial charge < -0.3 is 15.4 Å². The predicted octanol–water partition coefficient (Wildman–Crippen LogP) is 3.78. The highest BCUT2D eigenvalue weighted by atomic mass is 32.2. The zero-order chi connectivity index (χ0) is 24.6. The number of carbonyl (C=O) groups is 1. The number of thiocarbonyl (C=S) groups is 1. The van der Waals surface area contributed by atoms with Gasteiger partial charge in [-0.05, 0) is 69.6 Å². The van der Waals surface area contributed by atoms with Crippen molar-refractivity contribution in [1.29, 1.82) is 0 Å². The van der Waals surface area contributed by atoms with Crippen LogP contribution in [-0.4, -0.2) is 38.4 Å². The van der Waals surface area contributed by atoms with Gasteiger partial charge in [0.25, 0.3) is 0 Å². The van der Waals surface area contributed by atoms with Gasteiger partial charge in [0.1, 0.15) is 6.61 Å². The Hall–Kier alpha value is -2.65. The maximum absolute atomic E-state index is 12.2. The van der Waals surface area contributed by atoms with Crippen molar-refractivity contribution in [2.45, 2.75) is 46.2 Å². The molecule has 33 heavy (non-hydrogen) atoms. The van der Waals surface area contributed by atoms with Crippen molar-refractivity contribution in [3.8, 4) is 0 Å². The van der Waals surface area contributed by atoms with Crippen LogP contribution < -0.4 is 15.4 Å². The zero-order valence-electron chi connectivity index (χ0n) is 19.7. The molecule has 9 heteroatoms. The van der Waals surface area contributed by atoms with Crippen LogP contribution in [0, 0.1) is 5.41 Å². The lowest BCUT2D eigenvalue weighted by Crippen LogP contribution is -2.46. The van der Waals surface area contributed by atoms with Crippen molar-refractivity contribution < 1.29 is 17.9 Å². The average Bonchev–Trinajstić information content (AvgIpc) is 2.71. The molecular weight excluding hydrogens is 458 g/mol. The van der Waals surface area contributed by atoms with Gasteiger partial charge in [0.05, 0.1) is 23.8 Å². The molecule has 0 aliphatic carbocycles. The Kier molecular flexibility index (Phi) is 9.25. The molecule has 0 spiro atoms. The molecule has 0 bridgehead atoms. The van der Waals surface area contributed by atoms with Gasteiger partial charge in [-0.2, -0.15) is 0 Å². The first-order valence-electron chi connectivity index (χ1n) is 10.7. The first-order valence-corrected chi connectivity index (χ1v) is 13.0. The van der Waals surface area contributed by atoms with Crippen molar-refractivity contribution >= 4 is 39.0 Å². The van der Waals surface area contributed by atoms with E-state index in [2.05, 4.69) is 15.4 Å². The number of nitrogens with one attached hydrogen (secondary N) is 3. The second kappa shape index (κ2) is 11.5. The second-order valence-corrected chi connectivity index (χ2v) is 11.2. The summed E-state index contributed by atoms with van der Waals surface area (Å²) in [5, 5.41) is 6.94. The van der Waals surface area contributed by atoms with Crippen LogP contribution in [0.1, 0.15) is 44.9 Å². The molecule has 0 radical (unpaired) electrons. The minimum Gasteiger partial charge on any atom is -0.463 e. The Balaban J connectivity index is 2.00. The van der Waals surface area contributed by atoms with Gasteiger partial charge in [-0.3, -0.25) is 9.52 Å². The third kappa shape index (κ3) is 9.79. The molecule has 0 amide bonds. The molecule has 0 unspecified atom stereocenters. The summed E-state index contributed by atoms with van der Waals surface area (Å²) in [7, 11) is -3.32. The monoisotopic (exact) mass is 491 g/mol. The van der Waals surface area contributed by atoms with Crippen molar-refractivity contribution in [2.24, 2.45) is 5.41 Å². The van der Waals surface area contributed by atoms with E-state index in [0.29, 0.717) is 17.2 Å². The van der Waals surface area contributed by atoms with Gasteiger partial charge in [0.15, 0.2) is 5.11 Å². The lowest BCUT2D eigenvalue weighted by Gasteiger charge is -2.25. The molecular formula is C24H33N3O4S2. The summed E-state index contributed by atoms with van der Waals surface area (Å²) in [6, 6.07) is 16.7. The third-order valence-electron chi connectivity index (χ3n) is 4.75. The van der Waals surface area contributed by atoms with Crippen molar-refractivity contribution in [3.05, 3.63) is 65.7 Å². The van der Waals surface area contributed by atoms with E-state index in [1.807, 2.05) is 70.2 Å². The van der Waals surface area contributed by atoms with E-state index in [1.165, 1.54) is 0 Å². The van der Waals surface area contributed by atoms with Gasteiger partial charge in [0.2, 0.25) is 10.0 Å². The van der Waals surface area contributed by atoms with Crippen molar-refractivity contribution in [1.82, 2.24) is 10.6 Å². The summed E-state index contributed by atoms with van der Waals surface area (Å²) in [6.45, 7) is 7.60. The molecule has 0 aliphatic rings. The molecule has 0 fully saturated rings. The van der Waals surface area contributed by atoms with Crippen molar-refractivity contribution in [3.63, 3.8) is 0 Å². The molecule has 2 rings (SSSR count). The summed E-state index contributed by atoms with van der Waals surface area (Å²) < 4.78 is 30.7. The van der Waals surface area contributed by atoms with Crippen LogP contribution in [0.3, 0.4) is 0 Å². The van der Waals surface area contributed by atoms with E-state index < -0.39 is 15.4 Å². The molecule has 0 saturated carbocycles. The average molecular weight is 492 g/mol. The normalized spacial score (nSPS) is 13.5. The summed E-state index contributed by atoms with van der Waals surface area (Å²) >= 11 is 5.52. The Morgan fingerprint density at radius 3 is 2.18 bits per heavy atom. The number of benzene rings is 2. The maximum Gasteiger partial charge on any atom is 0.311 e. The van der Waals surface area contributed by atoms with E-state index in [0.717, 1.165) is 17.4 Å². The zero-order valence-corrected chi connectivity index (χ0v) is 21.3. The smallest absolute Gasteiger partial charge is 0.311 e. The van der Waals surface area contributed by atoms with Gasteiger partial charge in [-0.25, -0.2) is 8.42 Å². The topological polar surface area (TPSA) is 96.5 Å². The summed E-state index contributed by atoms with van der Waals surface area (Å²) in [5.41, 5.74) is 1.96. The molecule has 0 aromatic heterocycles. The highest BCUT2D eigenvalue weighted by Crippen LogP contribution is 2.18. The van der Waals surface area contributed by atoms with Crippen molar-refractivity contribution in [2.75, 3.05) is 17.6 Å². The van der Waals surface area contributed by atoms with Crippen LogP contribution in [0.4, 0.5) is 5.69 Å². The molecule has 2 atom stereocenters. The predicted molar refractivity (Wildman–Crippen MR) is 137 cm³/mol. The highest BCUT2D eigenvalue weighted by molar-refractivity contribution is 7.92. The number of ether oxygens (including phenoxy) is 1. The second-order valence-electron chi connectivity index (χ2n) is 9.07. The van der Waals surface area contributed by atoms with Crippen LogP contribution in [0.2, 0.25) is 0 Å². The first kappa shape index (κ1) is 26.6. The van der Waals surface area contributed by atoms with Gasteiger partial charge in [0, 0.05) is 5.69 Å². The Labute approximate surface area is 202 Å². The molecule has 0 aliphatic heterocycles. The number of hydrogen-bond acceptors (Lipinski definition) is 5. The Morgan fingerprint density at radius 1 is 1.03 bits per heavy atom. The highest BCUT2D eigenvalue weighted by Gasteiger charge is 2.24. The fourth-order valence-corrected chi connectivity index (χ4v) is 3.91. The molecule has 3 N–H and O–H groups in total. The molecule has 0 heterocycles. The van der Waals surface area contributed by atoms with E-state index in [-0.39, 0.29) is 24.7 Å². The molecule has 2 aromatic carbocycles. The maximum atomic E-state index is 12.2. The number of anilines is 1. The van der Waals surface area contributed by atoms with Gasteiger partial charge in [-0.15, -0.1) is 0 Å². The number of esters is 1. The molecule has 2 aromatic rings. The minimum absolute atomic E-state index is 0.119. The minimum atomic E-state index is -3.32. The van der Waals surface area contributed by atoms with E-state index in [9.17, 15) is 13.2 Å². The van der Waals surface area contributed by atoms with Crippen LogP contribution >= 0.6 is 12.2 Å². The fourth-order valence-electron chi connectivity index (χ4n) is 3.00. The van der Waals surface area contributed by atoms with Gasteiger partial charge in [-0.1, -0.05) is 42.5 Å². The lowest BCUT2D eigenvalue weighted by atomic mass is 9.97. The summed E-state index contributed by atoms with van der Waals surface area (Å²) in [6.07, 6.45) is 1.75.